The van der Waals surface area contributed by atoms with E-state index in [9.17, 15) is 27.2 Å². The fourth-order valence-corrected chi connectivity index (χ4v) is 2.96. The standard InChI is InChI=1S/C20H14ClF4N3O3/c1-10-4-12(22)3-2-11(10)9-31-17-7-15(20(23,24)25)16(21)6-14(17)19(30)27-13-5-18(29)28-26-8-13/h2-8H,9H2,1H3,(H2,27,28,29,30). The molecule has 3 aromatic rings. The van der Waals surface area contributed by atoms with E-state index < -0.39 is 39.8 Å². The normalized spacial score (nSPS) is 11.3. The molecule has 31 heavy (non-hydrogen) atoms. The van der Waals surface area contributed by atoms with E-state index in [1.807, 2.05) is 0 Å². The minimum atomic E-state index is -4.79. The van der Waals surface area contributed by atoms with E-state index in [4.69, 9.17) is 16.3 Å². The second-order valence-corrected chi connectivity index (χ2v) is 6.88. The van der Waals surface area contributed by atoms with Gasteiger partial charge in [-0.1, -0.05) is 17.7 Å². The quantitative estimate of drug-likeness (QED) is 0.545. The van der Waals surface area contributed by atoms with Crippen molar-refractivity contribution in [2.24, 2.45) is 0 Å². The number of nitrogens with zero attached hydrogens (tertiary/aromatic N) is 1. The number of anilines is 1. The molecule has 2 aromatic carbocycles. The first kappa shape index (κ1) is 22.3. The Labute approximate surface area is 177 Å². The number of aromatic amines is 1. The van der Waals surface area contributed by atoms with Gasteiger partial charge in [0.1, 0.15) is 18.2 Å². The fourth-order valence-electron chi connectivity index (χ4n) is 2.69. The predicted octanol–water partition coefficient (Wildman–Crippen LogP) is 4.72. The molecule has 1 aromatic heterocycles. The van der Waals surface area contributed by atoms with Gasteiger partial charge in [0, 0.05) is 6.07 Å². The zero-order valence-corrected chi connectivity index (χ0v) is 16.6. The summed E-state index contributed by atoms with van der Waals surface area (Å²) in [5.41, 5.74) is -1.02. The first-order valence-corrected chi connectivity index (χ1v) is 9.07. The number of amides is 1. The van der Waals surface area contributed by atoms with Crippen LogP contribution in [0.3, 0.4) is 0 Å². The van der Waals surface area contributed by atoms with Gasteiger partial charge < -0.3 is 10.1 Å². The number of rotatable bonds is 5. The van der Waals surface area contributed by atoms with Crippen molar-refractivity contribution in [3.8, 4) is 5.75 Å². The van der Waals surface area contributed by atoms with Crippen LogP contribution in [0.15, 0.2) is 47.4 Å². The van der Waals surface area contributed by atoms with Crippen LogP contribution in [0.4, 0.5) is 23.2 Å². The van der Waals surface area contributed by atoms with Crippen molar-refractivity contribution in [1.82, 2.24) is 10.2 Å². The van der Waals surface area contributed by atoms with Crippen LogP contribution in [0.5, 0.6) is 5.75 Å². The van der Waals surface area contributed by atoms with E-state index in [2.05, 4.69) is 15.5 Å². The number of halogens is 5. The molecular weight excluding hydrogens is 442 g/mol. The molecule has 11 heteroatoms. The van der Waals surface area contributed by atoms with Gasteiger partial charge in [-0.2, -0.15) is 18.3 Å². The largest absolute Gasteiger partial charge is 0.488 e. The van der Waals surface area contributed by atoms with Crippen LogP contribution in [0.2, 0.25) is 5.02 Å². The van der Waals surface area contributed by atoms with E-state index >= 15 is 0 Å². The second kappa shape index (κ2) is 8.76. The molecule has 0 aliphatic rings. The first-order valence-electron chi connectivity index (χ1n) is 8.69. The maximum atomic E-state index is 13.3. The molecule has 0 spiro atoms. The number of alkyl halides is 3. The number of benzene rings is 2. The minimum absolute atomic E-state index is 0.0186. The third kappa shape index (κ3) is 5.40. The number of hydrogen-bond acceptors (Lipinski definition) is 4. The smallest absolute Gasteiger partial charge is 0.417 e. The molecule has 0 saturated heterocycles. The highest BCUT2D eigenvalue weighted by molar-refractivity contribution is 6.32. The molecule has 0 unspecified atom stereocenters. The third-order valence-electron chi connectivity index (χ3n) is 4.23. The van der Waals surface area contributed by atoms with Crippen molar-refractivity contribution >= 4 is 23.2 Å². The number of nitrogens with one attached hydrogen (secondary N) is 2. The number of H-pyrrole nitrogens is 1. The number of carbonyl (C=O) groups is 1. The zero-order valence-electron chi connectivity index (χ0n) is 15.8. The van der Waals surface area contributed by atoms with Crippen LogP contribution in [-0.4, -0.2) is 16.1 Å². The van der Waals surface area contributed by atoms with Crippen LogP contribution < -0.4 is 15.6 Å². The van der Waals surface area contributed by atoms with Crippen molar-refractivity contribution in [2.45, 2.75) is 19.7 Å². The molecule has 0 radical (unpaired) electrons. The summed E-state index contributed by atoms with van der Waals surface area (Å²) in [6, 6.07) is 6.34. The van der Waals surface area contributed by atoms with Crippen LogP contribution >= 0.6 is 11.6 Å². The average molecular weight is 456 g/mol. The summed E-state index contributed by atoms with van der Waals surface area (Å²) in [6.45, 7) is 1.39. The summed E-state index contributed by atoms with van der Waals surface area (Å²) in [5.74, 6) is -1.73. The van der Waals surface area contributed by atoms with Gasteiger partial charge in [0.2, 0.25) is 0 Å². The van der Waals surface area contributed by atoms with Gasteiger partial charge in [0.05, 0.1) is 28.0 Å². The van der Waals surface area contributed by atoms with E-state index in [0.29, 0.717) is 17.2 Å². The highest BCUT2D eigenvalue weighted by Gasteiger charge is 2.35. The first-order chi connectivity index (χ1) is 14.5. The van der Waals surface area contributed by atoms with Crippen molar-refractivity contribution in [3.63, 3.8) is 0 Å². The highest BCUT2D eigenvalue weighted by atomic mass is 35.5. The molecule has 0 bridgehead atoms. The predicted molar refractivity (Wildman–Crippen MR) is 105 cm³/mol. The summed E-state index contributed by atoms with van der Waals surface area (Å²) in [4.78, 5) is 24.0. The molecule has 0 aliphatic carbocycles. The zero-order chi connectivity index (χ0) is 22.8. The molecule has 1 heterocycles. The van der Waals surface area contributed by atoms with Gasteiger partial charge in [-0.15, -0.1) is 0 Å². The number of aryl methyl sites for hydroxylation is 1. The second-order valence-electron chi connectivity index (χ2n) is 6.47. The maximum absolute atomic E-state index is 13.3. The lowest BCUT2D eigenvalue weighted by atomic mass is 10.1. The van der Waals surface area contributed by atoms with Crippen molar-refractivity contribution in [3.05, 3.63) is 86.0 Å². The number of ether oxygens (including phenoxy) is 1. The van der Waals surface area contributed by atoms with Gasteiger partial charge in [-0.3, -0.25) is 9.59 Å². The molecule has 2 N–H and O–H groups in total. The van der Waals surface area contributed by atoms with Crippen molar-refractivity contribution in [2.75, 3.05) is 5.32 Å². The molecule has 0 aliphatic heterocycles. The Balaban J connectivity index is 1.97. The van der Waals surface area contributed by atoms with Crippen molar-refractivity contribution < 1.29 is 27.1 Å². The molecule has 1 amide bonds. The Kier molecular flexibility index (Phi) is 6.30. The van der Waals surface area contributed by atoms with E-state index in [0.717, 1.165) is 18.3 Å². The van der Waals surface area contributed by atoms with Crippen LogP contribution in [0.25, 0.3) is 0 Å². The van der Waals surface area contributed by atoms with Gasteiger partial charge in [0.15, 0.2) is 0 Å². The Morgan fingerprint density at radius 2 is 1.97 bits per heavy atom. The molecule has 6 nitrogen and oxygen atoms in total. The van der Waals surface area contributed by atoms with Gasteiger partial charge in [0.25, 0.3) is 11.5 Å². The molecule has 0 atom stereocenters. The summed E-state index contributed by atoms with van der Waals surface area (Å²) in [7, 11) is 0. The Morgan fingerprint density at radius 3 is 2.61 bits per heavy atom. The Hall–Kier alpha value is -3.40. The lowest BCUT2D eigenvalue weighted by molar-refractivity contribution is -0.137. The maximum Gasteiger partial charge on any atom is 0.417 e. The van der Waals surface area contributed by atoms with Crippen LogP contribution in [0, 0.1) is 12.7 Å². The van der Waals surface area contributed by atoms with Crippen LogP contribution in [-0.2, 0) is 12.8 Å². The Morgan fingerprint density at radius 1 is 1.23 bits per heavy atom. The number of carbonyl (C=O) groups excluding carboxylic acids is 1. The molecule has 0 fully saturated rings. The monoisotopic (exact) mass is 455 g/mol. The van der Waals surface area contributed by atoms with E-state index in [1.54, 1.807) is 6.92 Å². The molecule has 3 rings (SSSR count). The average Bonchev–Trinajstić information content (AvgIpc) is 2.67. The molecular formula is C20H14ClF4N3O3. The van der Waals surface area contributed by atoms with Gasteiger partial charge in [-0.05, 0) is 42.3 Å². The summed E-state index contributed by atoms with van der Waals surface area (Å²) >= 11 is 5.75. The van der Waals surface area contributed by atoms with Gasteiger partial charge >= 0.3 is 6.18 Å². The minimum Gasteiger partial charge on any atom is -0.488 e. The summed E-state index contributed by atoms with van der Waals surface area (Å²) < 4.78 is 58.7. The van der Waals surface area contributed by atoms with E-state index in [1.165, 1.54) is 18.2 Å². The van der Waals surface area contributed by atoms with E-state index in [-0.39, 0.29) is 17.9 Å². The fraction of sp³-hybridized carbons (Fsp3) is 0.150. The molecule has 0 saturated carbocycles. The van der Waals surface area contributed by atoms with Crippen molar-refractivity contribution in [1.29, 1.82) is 0 Å². The lowest BCUT2D eigenvalue weighted by Crippen LogP contribution is -2.17. The SMILES string of the molecule is Cc1cc(F)ccc1COc1cc(C(F)(F)F)c(Cl)cc1C(=O)Nc1cn[nH]c(=O)c1. The van der Waals surface area contributed by atoms with Crippen LogP contribution in [0.1, 0.15) is 27.0 Å². The Bertz CT molecular complexity index is 1200. The number of hydrogen-bond donors (Lipinski definition) is 2. The molecule has 162 valence electrons. The lowest BCUT2D eigenvalue weighted by Gasteiger charge is -2.17. The van der Waals surface area contributed by atoms with Gasteiger partial charge in [-0.25, -0.2) is 9.49 Å². The summed E-state index contributed by atoms with van der Waals surface area (Å²) in [6.07, 6.45) is -3.64. The highest BCUT2D eigenvalue weighted by Crippen LogP contribution is 2.39. The summed E-state index contributed by atoms with van der Waals surface area (Å²) in [5, 5.41) is 7.29. The number of aromatic nitrogens is 2. The topological polar surface area (TPSA) is 84.1 Å². The third-order valence-corrected chi connectivity index (χ3v) is 4.54.